The molecule has 19 heavy (non-hydrogen) atoms. The van der Waals surface area contributed by atoms with Crippen molar-refractivity contribution in [3.63, 3.8) is 0 Å². The summed E-state index contributed by atoms with van der Waals surface area (Å²) in [5.41, 5.74) is 1.06. The molecule has 96 valence electrons. The van der Waals surface area contributed by atoms with Gasteiger partial charge < -0.3 is 0 Å². The molecule has 3 aromatic rings. The molecule has 6 heteroatoms. The molecule has 0 aliphatic rings. The molecule has 0 bridgehead atoms. The van der Waals surface area contributed by atoms with Gasteiger partial charge in [0, 0.05) is 5.39 Å². The van der Waals surface area contributed by atoms with E-state index >= 15 is 0 Å². The first-order chi connectivity index (χ1) is 9.08. The molecule has 0 aliphatic carbocycles. The Kier molecular flexibility index (Phi) is 3.17. The van der Waals surface area contributed by atoms with Crippen LogP contribution >= 0.6 is 34.5 Å². The lowest BCUT2D eigenvalue weighted by Gasteiger charge is -2.06. The van der Waals surface area contributed by atoms with Crippen molar-refractivity contribution < 1.29 is 4.39 Å². The van der Waals surface area contributed by atoms with Crippen LogP contribution in [0.15, 0.2) is 23.6 Å². The molecule has 0 spiro atoms. The molecule has 0 radical (unpaired) electrons. The Morgan fingerprint density at radius 2 is 1.95 bits per heavy atom. The van der Waals surface area contributed by atoms with Crippen molar-refractivity contribution in [3.8, 4) is 10.7 Å². The lowest BCUT2D eigenvalue weighted by Crippen LogP contribution is -1.95. The zero-order valence-electron chi connectivity index (χ0n) is 9.75. The van der Waals surface area contributed by atoms with E-state index in [0.717, 1.165) is 5.56 Å². The minimum atomic E-state index is -0.418. The number of aryl methyl sites for hydroxylation is 1. The summed E-state index contributed by atoms with van der Waals surface area (Å²) >= 11 is 13.6. The van der Waals surface area contributed by atoms with Crippen molar-refractivity contribution in [1.82, 2.24) is 9.97 Å². The van der Waals surface area contributed by atoms with E-state index in [1.807, 2.05) is 12.3 Å². The van der Waals surface area contributed by atoms with Crippen LogP contribution in [0.4, 0.5) is 4.39 Å². The second-order valence-corrected chi connectivity index (χ2v) is 5.70. The zero-order chi connectivity index (χ0) is 13.6. The number of fused-ring (bicyclic) bond motifs is 1. The average Bonchev–Trinajstić information content (AvgIpc) is 2.79. The number of thiophene rings is 1. The average molecular weight is 313 g/mol. The largest absolute Gasteiger partial charge is 0.224 e. The maximum absolute atomic E-state index is 13.9. The lowest BCUT2D eigenvalue weighted by atomic mass is 10.1. The van der Waals surface area contributed by atoms with Crippen LogP contribution in [0, 0.1) is 12.7 Å². The number of nitrogens with zero attached hydrogens (tertiary/aromatic N) is 2. The molecule has 3 rings (SSSR count). The first-order valence-electron chi connectivity index (χ1n) is 5.43. The van der Waals surface area contributed by atoms with Crippen LogP contribution in [0.25, 0.3) is 21.6 Å². The first-order valence-corrected chi connectivity index (χ1v) is 7.07. The van der Waals surface area contributed by atoms with E-state index in [1.54, 1.807) is 12.1 Å². The van der Waals surface area contributed by atoms with E-state index < -0.39 is 5.82 Å². The van der Waals surface area contributed by atoms with Crippen LogP contribution < -0.4 is 0 Å². The van der Waals surface area contributed by atoms with Gasteiger partial charge in [0.2, 0.25) is 0 Å². The van der Waals surface area contributed by atoms with E-state index in [4.69, 9.17) is 23.2 Å². The highest BCUT2D eigenvalue weighted by molar-refractivity contribution is 7.14. The van der Waals surface area contributed by atoms with Crippen molar-refractivity contribution in [1.29, 1.82) is 0 Å². The highest BCUT2D eigenvalue weighted by atomic mass is 35.5. The fourth-order valence-electron chi connectivity index (χ4n) is 1.87. The summed E-state index contributed by atoms with van der Waals surface area (Å²) in [4.78, 5) is 9.16. The third kappa shape index (κ3) is 2.10. The van der Waals surface area contributed by atoms with Crippen LogP contribution in [-0.4, -0.2) is 9.97 Å². The molecule has 2 aromatic heterocycles. The summed E-state index contributed by atoms with van der Waals surface area (Å²) in [6, 6.07) is 4.78. The third-order valence-corrected chi connectivity index (χ3v) is 4.40. The highest BCUT2D eigenvalue weighted by Crippen LogP contribution is 2.34. The molecule has 0 atom stereocenters. The van der Waals surface area contributed by atoms with E-state index in [-0.39, 0.29) is 10.7 Å². The van der Waals surface area contributed by atoms with Crippen LogP contribution in [-0.2, 0) is 0 Å². The van der Waals surface area contributed by atoms with Crippen LogP contribution in [0.2, 0.25) is 10.2 Å². The SMILES string of the molecule is Cc1ccc(F)c2nc(-c3sccc3Cl)nc(Cl)c12. The Balaban J connectivity index is 2.37. The van der Waals surface area contributed by atoms with Gasteiger partial charge in [-0.2, -0.15) is 0 Å². The summed E-state index contributed by atoms with van der Waals surface area (Å²) in [6.45, 7) is 1.84. The van der Waals surface area contributed by atoms with Crippen molar-refractivity contribution in [2.24, 2.45) is 0 Å². The third-order valence-electron chi connectivity index (χ3n) is 2.79. The fourth-order valence-corrected chi connectivity index (χ4v) is 3.26. The summed E-state index contributed by atoms with van der Waals surface area (Å²) in [5, 5.41) is 3.14. The van der Waals surface area contributed by atoms with Gasteiger partial charge in [0.05, 0.1) is 9.90 Å². The minimum absolute atomic E-state index is 0.222. The number of aromatic nitrogens is 2. The standard InChI is InChI=1S/C13H7Cl2FN2S/c1-6-2-3-8(16)10-9(6)12(15)18-13(17-10)11-7(14)4-5-19-11/h2-5H,1H3. The molecule has 0 aliphatic heterocycles. The molecule has 0 N–H and O–H groups in total. The van der Waals surface area contributed by atoms with E-state index in [1.165, 1.54) is 17.4 Å². The quantitative estimate of drug-likeness (QED) is 0.583. The Morgan fingerprint density at radius 1 is 1.16 bits per heavy atom. The Bertz CT molecular complexity index is 786. The summed E-state index contributed by atoms with van der Waals surface area (Å²) in [5.74, 6) is -0.0687. The predicted octanol–water partition coefficient (Wildman–Crippen LogP) is 5.11. The van der Waals surface area contributed by atoms with Crippen molar-refractivity contribution in [2.75, 3.05) is 0 Å². The Labute approximate surface area is 122 Å². The first kappa shape index (κ1) is 12.8. The molecule has 2 heterocycles. The van der Waals surface area contributed by atoms with Gasteiger partial charge in [-0.15, -0.1) is 11.3 Å². The number of hydrogen-bond donors (Lipinski definition) is 0. The van der Waals surface area contributed by atoms with E-state index in [2.05, 4.69) is 9.97 Å². The molecule has 0 saturated heterocycles. The minimum Gasteiger partial charge on any atom is -0.224 e. The van der Waals surface area contributed by atoms with Gasteiger partial charge in [0.25, 0.3) is 0 Å². The van der Waals surface area contributed by atoms with Crippen LogP contribution in [0.3, 0.4) is 0 Å². The highest BCUT2D eigenvalue weighted by Gasteiger charge is 2.15. The topological polar surface area (TPSA) is 25.8 Å². The van der Waals surface area contributed by atoms with Crippen LogP contribution in [0.1, 0.15) is 5.56 Å². The zero-order valence-corrected chi connectivity index (χ0v) is 12.1. The van der Waals surface area contributed by atoms with Crippen LogP contribution in [0.5, 0.6) is 0 Å². The molecule has 2 nitrogen and oxygen atoms in total. The maximum Gasteiger partial charge on any atom is 0.173 e. The normalized spacial score (nSPS) is 11.2. The predicted molar refractivity (Wildman–Crippen MR) is 77.6 cm³/mol. The number of hydrogen-bond acceptors (Lipinski definition) is 3. The van der Waals surface area contributed by atoms with E-state index in [9.17, 15) is 4.39 Å². The van der Waals surface area contributed by atoms with E-state index in [0.29, 0.717) is 21.1 Å². The number of benzene rings is 1. The van der Waals surface area contributed by atoms with Gasteiger partial charge in [0.15, 0.2) is 5.82 Å². The van der Waals surface area contributed by atoms with Crippen molar-refractivity contribution in [2.45, 2.75) is 6.92 Å². The smallest absolute Gasteiger partial charge is 0.173 e. The Hall–Kier alpha value is -1.23. The summed E-state index contributed by atoms with van der Waals surface area (Å²) < 4.78 is 13.9. The Morgan fingerprint density at radius 3 is 2.63 bits per heavy atom. The number of rotatable bonds is 1. The molecular formula is C13H7Cl2FN2S. The molecule has 0 amide bonds. The molecule has 1 aromatic carbocycles. The van der Waals surface area contributed by atoms with Gasteiger partial charge in [-0.3, -0.25) is 0 Å². The summed E-state index contributed by atoms with van der Waals surface area (Å²) in [6.07, 6.45) is 0. The van der Waals surface area contributed by atoms with Gasteiger partial charge in [0.1, 0.15) is 16.5 Å². The molecule has 0 fully saturated rings. The van der Waals surface area contributed by atoms with Gasteiger partial charge in [-0.1, -0.05) is 29.3 Å². The second-order valence-electron chi connectivity index (χ2n) is 4.02. The van der Waals surface area contributed by atoms with Crippen molar-refractivity contribution in [3.05, 3.63) is 45.1 Å². The number of halogens is 3. The van der Waals surface area contributed by atoms with Gasteiger partial charge in [-0.25, -0.2) is 14.4 Å². The fraction of sp³-hybridized carbons (Fsp3) is 0.0769. The monoisotopic (exact) mass is 312 g/mol. The second kappa shape index (κ2) is 4.71. The molecular weight excluding hydrogens is 306 g/mol. The lowest BCUT2D eigenvalue weighted by molar-refractivity contribution is 0.636. The van der Waals surface area contributed by atoms with Gasteiger partial charge >= 0.3 is 0 Å². The summed E-state index contributed by atoms with van der Waals surface area (Å²) in [7, 11) is 0. The molecule has 0 saturated carbocycles. The molecule has 0 unspecified atom stereocenters. The maximum atomic E-state index is 13.9. The van der Waals surface area contributed by atoms with Gasteiger partial charge in [-0.05, 0) is 30.0 Å². The van der Waals surface area contributed by atoms with Crippen molar-refractivity contribution >= 4 is 45.4 Å².